The molecule has 70 valence electrons. The van der Waals surface area contributed by atoms with Gasteiger partial charge in [-0.1, -0.05) is 0 Å². The highest BCUT2D eigenvalue weighted by Crippen LogP contribution is 2.10. The normalized spacial score (nSPS) is 10.1. The second-order valence-corrected chi connectivity index (χ2v) is 3.04. The van der Waals surface area contributed by atoms with Crippen LogP contribution in [0.15, 0.2) is 18.3 Å². The smallest absolute Gasteiger partial charge is 0.213 e. The summed E-state index contributed by atoms with van der Waals surface area (Å²) in [6.07, 6.45) is 3.04. The van der Waals surface area contributed by atoms with Gasteiger partial charge in [-0.15, -0.1) is 0 Å². The lowest BCUT2D eigenvalue weighted by Crippen LogP contribution is -2.07. The first-order valence-electron chi connectivity index (χ1n) is 4.27. The number of pyridine rings is 1. The molecular formula is C10H13NO2. The average Bonchev–Trinajstić information content (AvgIpc) is 2.04. The van der Waals surface area contributed by atoms with Crippen molar-refractivity contribution in [3.8, 4) is 5.88 Å². The lowest BCUT2D eigenvalue weighted by molar-refractivity contribution is -0.107. The minimum absolute atomic E-state index is 0.110. The maximum absolute atomic E-state index is 10.2. The van der Waals surface area contributed by atoms with Crippen molar-refractivity contribution in [3.05, 3.63) is 23.9 Å². The maximum Gasteiger partial charge on any atom is 0.213 e. The third-order valence-electron chi connectivity index (χ3n) is 1.47. The van der Waals surface area contributed by atoms with Crippen LogP contribution in [-0.4, -0.2) is 17.4 Å². The Balaban J connectivity index is 2.72. The summed E-state index contributed by atoms with van der Waals surface area (Å²) in [4.78, 5) is 14.3. The standard InChI is InChI=1S/C10H13NO2/c1-8(2)13-10-7-9(4-6-12)3-5-11-10/h3,5-8H,4H2,1-2H3. The Kier molecular flexibility index (Phi) is 3.43. The molecule has 1 aromatic rings. The maximum atomic E-state index is 10.2. The van der Waals surface area contributed by atoms with Crippen LogP contribution in [-0.2, 0) is 11.2 Å². The van der Waals surface area contributed by atoms with Gasteiger partial charge in [0.15, 0.2) is 0 Å². The Bertz CT molecular complexity index is 284. The fraction of sp³-hybridized carbons (Fsp3) is 0.400. The SMILES string of the molecule is CC(C)Oc1cc(CC=O)ccn1. The number of rotatable bonds is 4. The number of aromatic nitrogens is 1. The third kappa shape index (κ3) is 3.23. The molecule has 0 fully saturated rings. The number of hydrogen-bond acceptors (Lipinski definition) is 3. The molecule has 0 radical (unpaired) electrons. The zero-order valence-electron chi connectivity index (χ0n) is 7.86. The molecule has 1 heterocycles. The Labute approximate surface area is 77.8 Å². The first-order chi connectivity index (χ1) is 6.22. The van der Waals surface area contributed by atoms with Crippen LogP contribution in [0, 0.1) is 0 Å². The van der Waals surface area contributed by atoms with Crippen LogP contribution in [0.5, 0.6) is 5.88 Å². The van der Waals surface area contributed by atoms with E-state index in [1.54, 1.807) is 12.3 Å². The van der Waals surface area contributed by atoms with Gasteiger partial charge in [-0.05, 0) is 25.5 Å². The summed E-state index contributed by atoms with van der Waals surface area (Å²) in [7, 11) is 0. The summed E-state index contributed by atoms with van der Waals surface area (Å²) in [5, 5.41) is 0. The van der Waals surface area contributed by atoms with Gasteiger partial charge in [0, 0.05) is 18.7 Å². The van der Waals surface area contributed by atoms with Crippen LogP contribution < -0.4 is 4.74 Å². The molecule has 3 heteroatoms. The van der Waals surface area contributed by atoms with E-state index in [1.807, 2.05) is 19.9 Å². The highest BCUT2D eigenvalue weighted by molar-refractivity contribution is 5.54. The van der Waals surface area contributed by atoms with E-state index in [2.05, 4.69) is 4.98 Å². The van der Waals surface area contributed by atoms with Gasteiger partial charge in [0.1, 0.15) is 6.29 Å². The van der Waals surface area contributed by atoms with Gasteiger partial charge in [0.2, 0.25) is 5.88 Å². The first kappa shape index (κ1) is 9.71. The molecule has 0 atom stereocenters. The number of carbonyl (C=O) groups is 1. The molecule has 0 aliphatic heterocycles. The summed E-state index contributed by atoms with van der Waals surface area (Å²) in [5.41, 5.74) is 0.931. The summed E-state index contributed by atoms with van der Waals surface area (Å²) >= 11 is 0. The summed E-state index contributed by atoms with van der Waals surface area (Å²) in [6.45, 7) is 3.88. The Morgan fingerprint density at radius 2 is 2.38 bits per heavy atom. The van der Waals surface area contributed by atoms with Gasteiger partial charge in [0.25, 0.3) is 0 Å². The molecule has 0 N–H and O–H groups in total. The fourth-order valence-corrected chi connectivity index (χ4v) is 0.980. The van der Waals surface area contributed by atoms with Crippen LogP contribution in [0.3, 0.4) is 0 Å². The van der Waals surface area contributed by atoms with Gasteiger partial charge in [-0.2, -0.15) is 0 Å². The molecule has 0 aliphatic rings. The van der Waals surface area contributed by atoms with Gasteiger partial charge in [-0.3, -0.25) is 0 Å². The van der Waals surface area contributed by atoms with Gasteiger partial charge >= 0.3 is 0 Å². The van der Waals surface area contributed by atoms with E-state index in [0.29, 0.717) is 12.3 Å². The Morgan fingerprint density at radius 1 is 1.62 bits per heavy atom. The highest BCUT2D eigenvalue weighted by atomic mass is 16.5. The molecule has 0 saturated heterocycles. The minimum atomic E-state index is 0.110. The van der Waals surface area contributed by atoms with Crippen LogP contribution in [0.1, 0.15) is 19.4 Å². The average molecular weight is 179 g/mol. The largest absolute Gasteiger partial charge is 0.475 e. The van der Waals surface area contributed by atoms with E-state index in [0.717, 1.165) is 11.8 Å². The third-order valence-corrected chi connectivity index (χ3v) is 1.47. The number of hydrogen-bond donors (Lipinski definition) is 0. The lowest BCUT2D eigenvalue weighted by Gasteiger charge is -2.08. The molecule has 0 unspecified atom stereocenters. The molecule has 3 nitrogen and oxygen atoms in total. The molecule has 0 bridgehead atoms. The molecule has 0 spiro atoms. The van der Waals surface area contributed by atoms with Crippen molar-refractivity contribution < 1.29 is 9.53 Å². The van der Waals surface area contributed by atoms with Crippen molar-refractivity contribution in [2.75, 3.05) is 0 Å². The van der Waals surface area contributed by atoms with Crippen molar-refractivity contribution in [3.63, 3.8) is 0 Å². The molecule has 1 aromatic heterocycles. The summed E-state index contributed by atoms with van der Waals surface area (Å²) in [6, 6.07) is 3.59. The van der Waals surface area contributed by atoms with Crippen molar-refractivity contribution in [2.45, 2.75) is 26.4 Å². The number of nitrogens with zero attached hydrogens (tertiary/aromatic N) is 1. The predicted octanol–water partition coefficient (Wildman–Crippen LogP) is 1.61. The molecule has 0 amide bonds. The zero-order valence-corrected chi connectivity index (χ0v) is 7.86. The monoisotopic (exact) mass is 179 g/mol. The minimum Gasteiger partial charge on any atom is -0.475 e. The summed E-state index contributed by atoms with van der Waals surface area (Å²) < 4.78 is 5.37. The second kappa shape index (κ2) is 4.60. The fourth-order valence-electron chi connectivity index (χ4n) is 0.980. The van der Waals surface area contributed by atoms with Crippen LogP contribution in [0.4, 0.5) is 0 Å². The van der Waals surface area contributed by atoms with Crippen LogP contribution in [0.25, 0.3) is 0 Å². The molecule has 1 rings (SSSR count). The molecule has 13 heavy (non-hydrogen) atoms. The number of aldehydes is 1. The lowest BCUT2D eigenvalue weighted by atomic mass is 10.2. The quantitative estimate of drug-likeness (QED) is 0.659. The summed E-state index contributed by atoms with van der Waals surface area (Å²) in [5.74, 6) is 0.578. The zero-order chi connectivity index (χ0) is 9.68. The highest BCUT2D eigenvalue weighted by Gasteiger charge is 1.99. The molecule has 0 aliphatic carbocycles. The van der Waals surface area contributed by atoms with Crippen molar-refractivity contribution in [1.82, 2.24) is 4.98 Å². The van der Waals surface area contributed by atoms with E-state index in [9.17, 15) is 4.79 Å². The molecule has 0 saturated carbocycles. The van der Waals surface area contributed by atoms with Gasteiger partial charge in [0.05, 0.1) is 6.10 Å². The Morgan fingerprint density at radius 3 is 3.00 bits per heavy atom. The number of carbonyl (C=O) groups excluding carboxylic acids is 1. The van der Waals surface area contributed by atoms with E-state index in [-0.39, 0.29) is 6.10 Å². The van der Waals surface area contributed by atoms with Crippen molar-refractivity contribution >= 4 is 6.29 Å². The van der Waals surface area contributed by atoms with E-state index < -0.39 is 0 Å². The van der Waals surface area contributed by atoms with Crippen molar-refractivity contribution in [2.24, 2.45) is 0 Å². The number of ether oxygens (including phenoxy) is 1. The van der Waals surface area contributed by atoms with Crippen LogP contribution >= 0.6 is 0 Å². The molecular weight excluding hydrogens is 166 g/mol. The second-order valence-electron chi connectivity index (χ2n) is 3.04. The predicted molar refractivity (Wildman–Crippen MR) is 49.8 cm³/mol. The van der Waals surface area contributed by atoms with Gasteiger partial charge < -0.3 is 9.53 Å². The Hall–Kier alpha value is -1.38. The van der Waals surface area contributed by atoms with Gasteiger partial charge in [-0.25, -0.2) is 4.98 Å². The molecule has 0 aromatic carbocycles. The van der Waals surface area contributed by atoms with Crippen molar-refractivity contribution in [1.29, 1.82) is 0 Å². The van der Waals surface area contributed by atoms with Crippen LogP contribution in [0.2, 0.25) is 0 Å². The van der Waals surface area contributed by atoms with E-state index in [4.69, 9.17) is 4.74 Å². The first-order valence-corrected chi connectivity index (χ1v) is 4.27. The van der Waals surface area contributed by atoms with E-state index >= 15 is 0 Å². The topological polar surface area (TPSA) is 39.2 Å². The van der Waals surface area contributed by atoms with E-state index in [1.165, 1.54) is 0 Å².